The molecule has 2 aliphatic rings. The van der Waals surface area contributed by atoms with E-state index in [4.69, 9.17) is 0 Å². The van der Waals surface area contributed by atoms with Crippen LogP contribution in [0.15, 0.2) is 0 Å². The van der Waals surface area contributed by atoms with Crippen LogP contribution in [-0.4, -0.2) is 0 Å². The highest BCUT2D eigenvalue weighted by molar-refractivity contribution is 4.91. The predicted molar refractivity (Wildman–Crippen MR) is 89.9 cm³/mol. The molecule has 2 saturated carbocycles. The molecule has 0 saturated heterocycles. The van der Waals surface area contributed by atoms with Gasteiger partial charge in [-0.3, -0.25) is 0 Å². The topological polar surface area (TPSA) is 0 Å². The second-order valence-electron chi connectivity index (χ2n) is 8.02. The minimum absolute atomic E-state index is 1.02. The molecule has 0 aliphatic heterocycles. The lowest BCUT2D eigenvalue weighted by molar-refractivity contribution is 0.0152. The molecule has 5 atom stereocenters. The third kappa shape index (κ3) is 4.25. The van der Waals surface area contributed by atoms with Gasteiger partial charge in [-0.25, -0.2) is 0 Å². The number of fused-ring (bicyclic) bond motifs is 1. The van der Waals surface area contributed by atoms with Crippen LogP contribution < -0.4 is 0 Å². The van der Waals surface area contributed by atoms with Crippen LogP contribution in [0.1, 0.15) is 97.8 Å². The number of unbranched alkanes of at least 4 members (excludes halogenated alkanes) is 5. The van der Waals surface area contributed by atoms with Gasteiger partial charge in [0.1, 0.15) is 0 Å². The molecule has 0 spiro atoms. The van der Waals surface area contributed by atoms with E-state index in [1.54, 1.807) is 19.3 Å². The fraction of sp³-hybridized carbons (Fsp3) is 1.00. The van der Waals surface area contributed by atoms with Crippen molar-refractivity contribution in [1.29, 1.82) is 0 Å². The molecular formula is C20H38. The van der Waals surface area contributed by atoms with E-state index in [9.17, 15) is 0 Å². The Kier molecular flexibility index (Phi) is 6.91. The van der Waals surface area contributed by atoms with Gasteiger partial charge in [-0.2, -0.15) is 0 Å². The second kappa shape index (κ2) is 8.44. The van der Waals surface area contributed by atoms with E-state index in [0.717, 1.165) is 29.6 Å². The summed E-state index contributed by atoms with van der Waals surface area (Å²) in [5.74, 6) is 5.28. The lowest BCUT2D eigenvalue weighted by Crippen LogP contribution is -2.40. The van der Waals surface area contributed by atoms with Crippen molar-refractivity contribution in [2.45, 2.75) is 97.8 Å². The molecule has 0 heterocycles. The van der Waals surface area contributed by atoms with Crippen molar-refractivity contribution >= 4 is 0 Å². The smallest absolute Gasteiger partial charge is 0.0329 e. The molecular weight excluding hydrogens is 240 g/mol. The largest absolute Gasteiger partial charge is 0.0654 e. The van der Waals surface area contributed by atoms with Gasteiger partial charge in [-0.1, -0.05) is 91.4 Å². The van der Waals surface area contributed by atoms with Crippen LogP contribution in [0, 0.1) is 29.6 Å². The molecule has 0 radical (unpaired) electrons. The first-order chi connectivity index (χ1) is 9.74. The third-order valence-corrected chi connectivity index (χ3v) is 6.54. The highest BCUT2D eigenvalue weighted by atomic mass is 14.5. The van der Waals surface area contributed by atoms with Gasteiger partial charge in [0.15, 0.2) is 0 Å². The summed E-state index contributed by atoms with van der Waals surface area (Å²) in [7, 11) is 0. The molecule has 118 valence electrons. The molecule has 0 aromatic heterocycles. The Bertz CT molecular complexity index is 257. The van der Waals surface area contributed by atoms with Gasteiger partial charge in [0.2, 0.25) is 0 Å². The SMILES string of the molecule is CCCCCCCCC1CCCC2C(C)CCC(C)C12. The van der Waals surface area contributed by atoms with Crippen molar-refractivity contribution in [3.8, 4) is 0 Å². The summed E-state index contributed by atoms with van der Waals surface area (Å²) in [4.78, 5) is 0. The van der Waals surface area contributed by atoms with Crippen molar-refractivity contribution in [3.63, 3.8) is 0 Å². The quantitative estimate of drug-likeness (QED) is 0.447. The molecule has 2 aliphatic carbocycles. The molecule has 0 heteroatoms. The lowest BCUT2D eigenvalue weighted by atomic mass is 9.57. The molecule has 0 nitrogen and oxygen atoms in total. The van der Waals surface area contributed by atoms with Gasteiger partial charge in [-0.15, -0.1) is 0 Å². The Hall–Kier alpha value is 0. The van der Waals surface area contributed by atoms with Crippen LogP contribution in [0.4, 0.5) is 0 Å². The van der Waals surface area contributed by atoms with Crippen LogP contribution in [0.2, 0.25) is 0 Å². The fourth-order valence-corrected chi connectivity index (χ4v) is 5.36. The summed E-state index contributed by atoms with van der Waals surface area (Å²) in [6.45, 7) is 7.41. The summed E-state index contributed by atoms with van der Waals surface area (Å²) in [6.07, 6.45) is 18.0. The molecule has 2 rings (SSSR count). The van der Waals surface area contributed by atoms with Gasteiger partial charge in [0.25, 0.3) is 0 Å². The van der Waals surface area contributed by atoms with E-state index in [1.807, 2.05) is 0 Å². The van der Waals surface area contributed by atoms with E-state index in [-0.39, 0.29) is 0 Å². The van der Waals surface area contributed by atoms with Crippen molar-refractivity contribution in [2.24, 2.45) is 29.6 Å². The molecule has 0 aromatic carbocycles. The van der Waals surface area contributed by atoms with E-state index in [1.165, 1.54) is 57.8 Å². The Labute approximate surface area is 128 Å². The van der Waals surface area contributed by atoms with E-state index in [0.29, 0.717) is 0 Å². The second-order valence-corrected chi connectivity index (χ2v) is 8.02. The first kappa shape index (κ1) is 16.4. The molecule has 20 heavy (non-hydrogen) atoms. The Morgan fingerprint density at radius 2 is 1.45 bits per heavy atom. The zero-order chi connectivity index (χ0) is 14.4. The van der Waals surface area contributed by atoms with Gasteiger partial charge in [0, 0.05) is 0 Å². The molecule has 2 fully saturated rings. The van der Waals surface area contributed by atoms with Gasteiger partial charge in [-0.05, 0) is 36.0 Å². The Balaban J connectivity index is 1.75. The van der Waals surface area contributed by atoms with Gasteiger partial charge < -0.3 is 0 Å². The average Bonchev–Trinajstić information content (AvgIpc) is 2.46. The summed E-state index contributed by atoms with van der Waals surface area (Å²) < 4.78 is 0. The van der Waals surface area contributed by atoms with Crippen molar-refractivity contribution in [2.75, 3.05) is 0 Å². The number of hydrogen-bond acceptors (Lipinski definition) is 0. The Morgan fingerprint density at radius 3 is 2.25 bits per heavy atom. The van der Waals surface area contributed by atoms with Crippen LogP contribution in [0.3, 0.4) is 0 Å². The standard InChI is InChI=1S/C20H38/c1-4-5-6-7-8-9-11-18-12-10-13-19-16(2)14-15-17(3)20(18)19/h16-20H,4-15H2,1-3H3. The minimum atomic E-state index is 1.02. The van der Waals surface area contributed by atoms with Gasteiger partial charge >= 0.3 is 0 Å². The average molecular weight is 279 g/mol. The summed E-state index contributed by atoms with van der Waals surface area (Å²) >= 11 is 0. The highest BCUT2D eigenvalue weighted by Crippen LogP contribution is 2.50. The first-order valence-electron chi connectivity index (χ1n) is 9.74. The normalized spacial score (nSPS) is 37.6. The summed E-state index contributed by atoms with van der Waals surface area (Å²) in [5, 5.41) is 0. The first-order valence-corrected chi connectivity index (χ1v) is 9.74. The van der Waals surface area contributed by atoms with Crippen LogP contribution in [0.5, 0.6) is 0 Å². The predicted octanol–water partition coefficient (Wildman–Crippen LogP) is 6.84. The maximum atomic E-state index is 2.56. The van der Waals surface area contributed by atoms with Gasteiger partial charge in [0.05, 0.1) is 0 Å². The molecule has 0 bridgehead atoms. The molecule has 0 amide bonds. The monoisotopic (exact) mass is 278 g/mol. The van der Waals surface area contributed by atoms with Crippen LogP contribution in [-0.2, 0) is 0 Å². The summed E-state index contributed by atoms with van der Waals surface area (Å²) in [6, 6.07) is 0. The van der Waals surface area contributed by atoms with Crippen molar-refractivity contribution in [3.05, 3.63) is 0 Å². The van der Waals surface area contributed by atoms with E-state index in [2.05, 4.69) is 20.8 Å². The third-order valence-electron chi connectivity index (χ3n) is 6.54. The van der Waals surface area contributed by atoms with Crippen LogP contribution in [0.25, 0.3) is 0 Å². The number of rotatable bonds is 7. The lowest BCUT2D eigenvalue weighted by Gasteiger charge is -2.48. The fourth-order valence-electron chi connectivity index (χ4n) is 5.36. The maximum Gasteiger partial charge on any atom is -0.0329 e. The zero-order valence-electron chi connectivity index (χ0n) is 14.4. The van der Waals surface area contributed by atoms with E-state index >= 15 is 0 Å². The van der Waals surface area contributed by atoms with Crippen molar-refractivity contribution in [1.82, 2.24) is 0 Å². The molecule has 0 N–H and O–H groups in total. The minimum Gasteiger partial charge on any atom is -0.0654 e. The molecule has 0 aromatic rings. The number of hydrogen-bond donors (Lipinski definition) is 0. The van der Waals surface area contributed by atoms with Crippen LogP contribution >= 0.6 is 0 Å². The molecule has 5 unspecified atom stereocenters. The Morgan fingerprint density at radius 1 is 0.750 bits per heavy atom. The highest BCUT2D eigenvalue weighted by Gasteiger charge is 2.41. The van der Waals surface area contributed by atoms with Crippen molar-refractivity contribution < 1.29 is 0 Å². The van der Waals surface area contributed by atoms with E-state index < -0.39 is 0 Å². The maximum absolute atomic E-state index is 2.56. The zero-order valence-corrected chi connectivity index (χ0v) is 14.4. The summed E-state index contributed by atoms with van der Waals surface area (Å²) in [5.41, 5.74) is 0.